The molecule has 0 amide bonds. The molecule has 1 heterocycles. The van der Waals surface area contributed by atoms with Gasteiger partial charge in [0.1, 0.15) is 0 Å². The van der Waals surface area contributed by atoms with Crippen LogP contribution in [0.5, 0.6) is 0 Å². The Balaban J connectivity index is 1.86. The molecule has 0 aliphatic carbocycles. The number of aromatic nitrogens is 1. The van der Waals surface area contributed by atoms with Gasteiger partial charge in [-0.2, -0.15) is 5.10 Å². The van der Waals surface area contributed by atoms with Crippen molar-refractivity contribution in [3.05, 3.63) is 70.0 Å². The molecule has 5 heteroatoms. The molecule has 0 N–H and O–H groups in total. The molecule has 0 aliphatic heterocycles. The third kappa shape index (κ3) is 3.35. The fourth-order valence-corrected chi connectivity index (χ4v) is 3.20. The van der Waals surface area contributed by atoms with Gasteiger partial charge >= 0.3 is 0 Å². The summed E-state index contributed by atoms with van der Waals surface area (Å²) in [5.41, 5.74) is 2.18. The number of nitrogens with zero attached hydrogens (tertiary/aromatic N) is 3. The van der Waals surface area contributed by atoms with Crippen molar-refractivity contribution in [1.29, 1.82) is 0 Å². The standard InChI is InChI=1S/C17H14ClN3S/c1-21-15-9-5-6-10-16(15)22-17(21)20-19-12-14(18)11-13-7-3-2-4-8-13/h2-12H,1H3/b14-11-,19-12+,20-17-. The third-order valence-corrected chi connectivity index (χ3v) is 4.45. The van der Waals surface area contributed by atoms with Gasteiger partial charge in [0, 0.05) is 7.05 Å². The van der Waals surface area contributed by atoms with E-state index in [-0.39, 0.29) is 0 Å². The lowest BCUT2D eigenvalue weighted by molar-refractivity contribution is 0.889. The minimum atomic E-state index is 0.540. The minimum absolute atomic E-state index is 0.540. The number of hydrogen-bond acceptors (Lipinski definition) is 3. The third-order valence-electron chi connectivity index (χ3n) is 3.14. The predicted octanol–water partition coefficient (Wildman–Crippen LogP) is 4.41. The lowest BCUT2D eigenvalue weighted by atomic mass is 10.2. The van der Waals surface area contributed by atoms with E-state index >= 15 is 0 Å². The quantitative estimate of drug-likeness (QED) is 0.504. The van der Waals surface area contributed by atoms with Gasteiger partial charge in [0.15, 0.2) is 0 Å². The highest BCUT2D eigenvalue weighted by molar-refractivity contribution is 7.16. The topological polar surface area (TPSA) is 29.6 Å². The van der Waals surface area contributed by atoms with E-state index in [4.69, 9.17) is 11.6 Å². The number of halogens is 1. The van der Waals surface area contributed by atoms with Crippen LogP contribution < -0.4 is 4.80 Å². The van der Waals surface area contributed by atoms with Crippen LogP contribution in [0, 0.1) is 0 Å². The first-order valence-corrected chi connectivity index (χ1v) is 7.97. The number of allylic oxidation sites excluding steroid dienone is 1. The Labute approximate surface area is 137 Å². The molecule has 0 fully saturated rings. The van der Waals surface area contributed by atoms with Crippen LogP contribution in [-0.2, 0) is 7.05 Å². The summed E-state index contributed by atoms with van der Waals surface area (Å²) < 4.78 is 3.21. The van der Waals surface area contributed by atoms with Crippen LogP contribution >= 0.6 is 22.9 Å². The van der Waals surface area contributed by atoms with Crippen LogP contribution in [0.2, 0.25) is 0 Å². The Hall–Kier alpha value is -2.17. The normalized spacial score (nSPS) is 13.4. The second-order valence-electron chi connectivity index (χ2n) is 4.70. The number of rotatable bonds is 3. The number of benzene rings is 2. The Bertz CT molecular complexity index is 904. The highest BCUT2D eigenvalue weighted by atomic mass is 35.5. The van der Waals surface area contributed by atoms with Gasteiger partial charge in [0.2, 0.25) is 4.80 Å². The van der Waals surface area contributed by atoms with E-state index in [0.717, 1.165) is 15.9 Å². The van der Waals surface area contributed by atoms with Gasteiger partial charge in [-0.1, -0.05) is 65.4 Å². The summed E-state index contributed by atoms with van der Waals surface area (Å²) in [7, 11) is 1.98. The number of aryl methyl sites for hydroxylation is 1. The zero-order valence-corrected chi connectivity index (χ0v) is 13.6. The summed E-state index contributed by atoms with van der Waals surface area (Å²) >= 11 is 7.75. The van der Waals surface area contributed by atoms with Crippen LogP contribution in [-0.4, -0.2) is 10.8 Å². The lowest BCUT2D eigenvalue weighted by Crippen LogP contribution is -2.08. The molecule has 3 nitrogen and oxygen atoms in total. The molecule has 0 atom stereocenters. The number of fused-ring (bicyclic) bond motifs is 1. The molecule has 0 saturated heterocycles. The molecule has 110 valence electrons. The smallest absolute Gasteiger partial charge is 0.211 e. The van der Waals surface area contributed by atoms with E-state index in [2.05, 4.69) is 22.3 Å². The summed E-state index contributed by atoms with van der Waals surface area (Å²) in [5, 5.41) is 8.87. The van der Waals surface area contributed by atoms with Gasteiger partial charge in [-0.25, -0.2) is 0 Å². The van der Waals surface area contributed by atoms with Crippen molar-refractivity contribution in [2.24, 2.45) is 17.3 Å². The maximum Gasteiger partial charge on any atom is 0.211 e. The van der Waals surface area contributed by atoms with E-state index < -0.39 is 0 Å². The van der Waals surface area contributed by atoms with Crippen molar-refractivity contribution < 1.29 is 0 Å². The first-order valence-electron chi connectivity index (χ1n) is 6.78. The van der Waals surface area contributed by atoms with Crippen LogP contribution in [0.15, 0.2) is 69.8 Å². The SMILES string of the molecule is Cn1/c(=N/N=C/C(Cl)=C/c2ccccc2)sc2ccccc21. The number of para-hydroxylation sites is 1. The summed E-state index contributed by atoms with van der Waals surface area (Å²) in [6.07, 6.45) is 3.41. The summed E-state index contributed by atoms with van der Waals surface area (Å²) in [6, 6.07) is 18.0. The zero-order valence-electron chi connectivity index (χ0n) is 12.0. The summed E-state index contributed by atoms with van der Waals surface area (Å²) in [6.45, 7) is 0. The summed E-state index contributed by atoms with van der Waals surface area (Å²) in [4.78, 5) is 0.835. The Morgan fingerprint density at radius 3 is 2.59 bits per heavy atom. The van der Waals surface area contributed by atoms with Crippen LogP contribution in [0.4, 0.5) is 0 Å². The molecule has 0 spiro atoms. The van der Waals surface area contributed by atoms with Crippen LogP contribution in [0.1, 0.15) is 5.56 Å². The second kappa shape index (κ2) is 6.73. The van der Waals surface area contributed by atoms with E-state index in [9.17, 15) is 0 Å². The van der Waals surface area contributed by atoms with Crippen LogP contribution in [0.3, 0.4) is 0 Å². The number of thiazole rings is 1. The molecule has 0 radical (unpaired) electrons. The Morgan fingerprint density at radius 2 is 1.82 bits per heavy atom. The van der Waals surface area contributed by atoms with Crippen molar-refractivity contribution in [1.82, 2.24) is 4.57 Å². The largest absolute Gasteiger partial charge is 0.318 e. The summed E-state index contributed by atoms with van der Waals surface area (Å²) in [5.74, 6) is 0. The van der Waals surface area contributed by atoms with Crippen molar-refractivity contribution in [3.63, 3.8) is 0 Å². The molecule has 22 heavy (non-hydrogen) atoms. The van der Waals surface area contributed by atoms with Gasteiger partial charge in [-0.3, -0.25) is 0 Å². The fraction of sp³-hybridized carbons (Fsp3) is 0.0588. The molecule has 0 saturated carbocycles. The van der Waals surface area contributed by atoms with E-state index in [1.54, 1.807) is 17.6 Å². The maximum atomic E-state index is 6.15. The lowest BCUT2D eigenvalue weighted by Gasteiger charge is -1.93. The van der Waals surface area contributed by atoms with Gasteiger partial charge in [0.05, 0.1) is 21.5 Å². The second-order valence-corrected chi connectivity index (χ2v) is 6.14. The molecule has 0 aliphatic rings. The van der Waals surface area contributed by atoms with E-state index in [0.29, 0.717) is 5.03 Å². The van der Waals surface area contributed by atoms with Crippen molar-refractivity contribution in [2.75, 3.05) is 0 Å². The molecule has 3 rings (SSSR count). The Kier molecular flexibility index (Phi) is 4.51. The maximum absolute atomic E-state index is 6.15. The molecule has 2 aromatic carbocycles. The van der Waals surface area contributed by atoms with Gasteiger partial charge in [-0.05, 0) is 23.8 Å². The highest BCUT2D eigenvalue weighted by Crippen LogP contribution is 2.15. The first kappa shape index (κ1) is 14.8. The molecular weight excluding hydrogens is 314 g/mol. The van der Waals surface area contributed by atoms with E-state index in [1.807, 2.05) is 60.2 Å². The average Bonchev–Trinajstić information content (AvgIpc) is 2.85. The zero-order chi connectivity index (χ0) is 15.4. The molecule has 3 aromatic rings. The fourth-order valence-electron chi connectivity index (χ4n) is 2.06. The van der Waals surface area contributed by atoms with E-state index in [1.165, 1.54) is 4.70 Å². The highest BCUT2D eigenvalue weighted by Gasteiger charge is 2.00. The monoisotopic (exact) mass is 327 g/mol. The minimum Gasteiger partial charge on any atom is -0.318 e. The van der Waals surface area contributed by atoms with Gasteiger partial charge < -0.3 is 4.57 Å². The van der Waals surface area contributed by atoms with Gasteiger partial charge in [-0.15, -0.1) is 5.10 Å². The van der Waals surface area contributed by atoms with Crippen LogP contribution in [0.25, 0.3) is 16.3 Å². The van der Waals surface area contributed by atoms with Crippen molar-refractivity contribution in [3.8, 4) is 0 Å². The number of hydrogen-bond donors (Lipinski definition) is 0. The van der Waals surface area contributed by atoms with Crippen molar-refractivity contribution >= 4 is 45.4 Å². The Morgan fingerprint density at radius 1 is 1.09 bits per heavy atom. The first-order chi connectivity index (χ1) is 10.7. The molecule has 0 bridgehead atoms. The van der Waals surface area contributed by atoms with Crippen molar-refractivity contribution in [2.45, 2.75) is 0 Å². The van der Waals surface area contributed by atoms with Gasteiger partial charge in [0.25, 0.3) is 0 Å². The molecular formula is C17H14ClN3S. The average molecular weight is 328 g/mol. The molecule has 0 unspecified atom stereocenters. The predicted molar refractivity (Wildman–Crippen MR) is 95.1 cm³/mol. The molecule has 1 aromatic heterocycles.